The van der Waals surface area contributed by atoms with Crippen LogP contribution in [0.15, 0.2) is 0 Å². The highest BCUT2D eigenvalue weighted by atomic mass is 16.3. The van der Waals surface area contributed by atoms with Crippen LogP contribution >= 0.6 is 0 Å². The maximum absolute atomic E-state index is 14.1. The predicted octanol–water partition coefficient (Wildman–Crippen LogP) is -3.18. The molecule has 0 bridgehead atoms. The van der Waals surface area contributed by atoms with Gasteiger partial charge in [-0.3, -0.25) is 67.1 Å². The average Bonchev–Trinajstić information content (AvgIpc) is 2.80. The fraction of sp³-hybridized carbons (Fsp3) is 0.763. The molecular formula is C59H103N13O18. The first-order chi connectivity index (χ1) is 42.5. The third kappa shape index (κ3) is 34.6. The minimum absolute atomic E-state index is 0.0345. The second-order valence-corrected chi connectivity index (χ2v) is 23.2. The number of carbonyl (C=O) groups is 14. The summed E-state index contributed by atoms with van der Waals surface area (Å²) in [6.07, 6.45) is 4.56. The number of carbonyl (C=O) groups excluding carboxylic acids is 14. The number of aliphatic hydroxyl groups is 4. The van der Waals surface area contributed by atoms with Gasteiger partial charge in [0.2, 0.25) is 76.8 Å². The highest BCUT2D eigenvalue weighted by molar-refractivity contribution is 6.00. The van der Waals surface area contributed by atoms with Crippen molar-refractivity contribution in [3.05, 3.63) is 0 Å². The molecule has 0 aliphatic carbocycles. The minimum atomic E-state index is -2.15. The minimum Gasteiger partial charge on any atom is -0.393 e. The van der Waals surface area contributed by atoms with Gasteiger partial charge in [-0.15, -0.1) is 0 Å². The van der Waals surface area contributed by atoms with Crippen LogP contribution in [0.25, 0.3) is 0 Å². The van der Waals surface area contributed by atoms with Crippen LogP contribution in [0.2, 0.25) is 0 Å². The number of amides is 13. The van der Waals surface area contributed by atoms with Crippen LogP contribution in [0.5, 0.6) is 0 Å². The number of hydrogen-bond donors (Lipinski definition) is 17. The van der Waals surface area contributed by atoms with Crippen LogP contribution in [0.4, 0.5) is 0 Å². The lowest BCUT2D eigenvalue weighted by Gasteiger charge is -2.29. The Morgan fingerprint density at radius 3 is 1.42 bits per heavy atom. The normalized spacial score (nSPS) is 23.4. The Bertz CT molecular complexity index is 2360. The lowest BCUT2D eigenvalue weighted by atomic mass is 10.0. The standard InChI is InChI=1S/C59H103N13O18/c1-6-8-10-12-13-15-20-24-38(76)26-27-40-53(84)64-33-48(81)63-29-28-47(80)66-39(25-21-17-14-16-19-23-37(75)22-18-11-9-7-2)54(85)69-43(32-46(61)79)56(87)70-42(31-45(60)78)55(86)65-34(3)52(83)68-41(30-44(77)51(62)82)57(88)71-50(36(5)74)59(90)72-49(35(4)73)58(89)67-40/h34-36,38-44,49-50,73-74,76-77H,6-33H2,1-5H3,(H2,60,78)(H2,61,79)(H2,62,82)(H,63,81)(H,64,84)(H,65,86)(H,66,80)(H,67,89)(H,68,83)(H,69,85)(H,70,87)(H,71,88)(H,72,90). The zero-order valence-electron chi connectivity index (χ0n) is 53.0. The Hall–Kier alpha value is -7.38. The van der Waals surface area contributed by atoms with Crippen LogP contribution in [0, 0.1) is 0 Å². The summed E-state index contributed by atoms with van der Waals surface area (Å²) in [5, 5.41) is 66.0. The van der Waals surface area contributed by atoms with Crippen molar-refractivity contribution in [3.63, 3.8) is 0 Å². The number of nitrogens with one attached hydrogen (secondary N) is 10. The molecule has 512 valence electrons. The fourth-order valence-corrected chi connectivity index (χ4v) is 9.57. The Labute approximate surface area is 526 Å². The van der Waals surface area contributed by atoms with Crippen molar-refractivity contribution in [3.8, 4) is 0 Å². The summed E-state index contributed by atoms with van der Waals surface area (Å²) >= 11 is 0. The fourth-order valence-electron chi connectivity index (χ4n) is 9.57. The molecule has 1 rings (SSSR count). The summed E-state index contributed by atoms with van der Waals surface area (Å²) in [7, 11) is 0. The van der Waals surface area contributed by atoms with Gasteiger partial charge in [-0.2, -0.15) is 0 Å². The van der Waals surface area contributed by atoms with Gasteiger partial charge in [-0.05, 0) is 59.3 Å². The lowest BCUT2D eigenvalue weighted by Crippen LogP contribution is -2.63. The number of Topliss-reactive ketones (excluding diaryl/α,β-unsaturated/α-hetero) is 1. The van der Waals surface area contributed by atoms with E-state index in [1.807, 2.05) is 0 Å². The van der Waals surface area contributed by atoms with Crippen LogP contribution in [-0.4, -0.2) is 189 Å². The van der Waals surface area contributed by atoms with E-state index in [1.54, 1.807) is 0 Å². The molecule has 0 saturated carbocycles. The zero-order valence-corrected chi connectivity index (χ0v) is 53.0. The van der Waals surface area contributed by atoms with Crippen molar-refractivity contribution in [2.45, 2.75) is 274 Å². The number of primary amides is 3. The molecule has 31 nitrogen and oxygen atoms in total. The molecule has 12 unspecified atom stereocenters. The maximum atomic E-state index is 14.1. The summed E-state index contributed by atoms with van der Waals surface area (Å²) in [6.45, 7) is 6.27. The predicted molar refractivity (Wildman–Crippen MR) is 326 cm³/mol. The molecule has 13 amide bonds. The SMILES string of the molecule is CCCCCCCCCC(O)CCC1NC(=O)C(C(C)O)NC(=O)C(C(C)O)NC(=O)C(CC(O)C(N)=O)NC(=O)C(C)NC(=O)C(CC(N)=O)NC(=O)C(CC(N)=O)NC(=O)C(CCCCCCCC(=O)CCCCCC)NC(=O)CCNC(=O)CNC1=O. The molecular weight excluding hydrogens is 1180 g/mol. The second-order valence-electron chi connectivity index (χ2n) is 23.2. The van der Waals surface area contributed by atoms with E-state index < -0.39 is 182 Å². The van der Waals surface area contributed by atoms with Gasteiger partial charge in [0.15, 0.2) is 0 Å². The molecule has 0 aromatic carbocycles. The molecule has 12 atom stereocenters. The van der Waals surface area contributed by atoms with Gasteiger partial charge < -0.3 is 90.8 Å². The van der Waals surface area contributed by atoms with Crippen molar-refractivity contribution < 1.29 is 87.5 Å². The van der Waals surface area contributed by atoms with Gasteiger partial charge in [0.1, 0.15) is 60.2 Å². The average molecular weight is 1280 g/mol. The van der Waals surface area contributed by atoms with Crippen molar-refractivity contribution in [1.29, 1.82) is 0 Å². The van der Waals surface area contributed by atoms with Crippen LogP contribution in [0.1, 0.15) is 202 Å². The molecule has 1 aliphatic heterocycles. The molecule has 1 fully saturated rings. The summed E-state index contributed by atoms with van der Waals surface area (Å²) in [5.74, 6) is -14.8. The molecule has 0 aromatic rings. The van der Waals surface area contributed by atoms with E-state index in [2.05, 4.69) is 67.0 Å². The third-order valence-corrected chi connectivity index (χ3v) is 14.9. The molecule has 90 heavy (non-hydrogen) atoms. The first-order valence-electron chi connectivity index (χ1n) is 31.6. The van der Waals surface area contributed by atoms with Crippen LogP contribution in [-0.2, 0) is 67.1 Å². The monoisotopic (exact) mass is 1280 g/mol. The maximum Gasteiger partial charge on any atom is 0.246 e. The van der Waals surface area contributed by atoms with E-state index >= 15 is 0 Å². The van der Waals surface area contributed by atoms with Crippen molar-refractivity contribution in [1.82, 2.24) is 53.2 Å². The largest absolute Gasteiger partial charge is 0.393 e. The Morgan fingerprint density at radius 2 is 0.889 bits per heavy atom. The highest BCUT2D eigenvalue weighted by Gasteiger charge is 2.38. The number of aliphatic hydroxyl groups excluding tert-OH is 4. The van der Waals surface area contributed by atoms with E-state index in [-0.39, 0.29) is 31.6 Å². The molecule has 20 N–H and O–H groups in total. The molecule has 1 aliphatic rings. The number of nitrogens with two attached hydrogens (primary N) is 3. The highest BCUT2D eigenvalue weighted by Crippen LogP contribution is 2.16. The molecule has 1 heterocycles. The van der Waals surface area contributed by atoms with Gasteiger partial charge in [0.05, 0.1) is 37.7 Å². The molecule has 0 spiro atoms. The first-order valence-corrected chi connectivity index (χ1v) is 31.6. The molecule has 0 aromatic heterocycles. The van der Waals surface area contributed by atoms with E-state index in [1.165, 1.54) is 0 Å². The van der Waals surface area contributed by atoms with Gasteiger partial charge in [-0.1, -0.05) is 104 Å². The van der Waals surface area contributed by atoms with E-state index in [4.69, 9.17) is 17.2 Å². The van der Waals surface area contributed by atoms with E-state index in [0.29, 0.717) is 57.8 Å². The molecule has 1 saturated heterocycles. The first kappa shape index (κ1) is 80.6. The quantitative estimate of drug-likeness (QED) is 0.0288. The Kier molecular flexibility index (Phi) is 40.3. The Morgan fingerprint density at radius 1 is 0.456 bits per heavy atom. The van der Waals surface area contributed by atoms with Crippen LogP contribution in [0.3, 0.4) is 0 Å². The summed E-state index contributed by atoms with van der Waals surface area (Å²) in [5.41, 5.74) is 16.1. The Balaban J connectivity index is 3.79. The lowest BCUT2D eigenvalue weighted by molar-refractivity contribution is -0.139. The third-order valence-electron chi connectivity index (χ3n) is 14.9. The van der Waals surface area contributed by atoms with Gasteiger partial charge in [-0.25, -0.2) is 0 Å². The smallest absolute Gasteiger partial charge is 0.246 e. The van der Waals surface area contributed by atoms with Crippen molar-refractivity contribution >= 4 is 82.6 Å². The number of hydrogen-bond acceptors (Lipinski definition) is 18. The van der Waals surface area contributed by atoms with E-state index in [9.17, 15) is 87.5 Å². The number of rotatable bonds is 33. The van der Waals surface area contributed by atoms with Crippen LogP contribution < -0.4 is 70.4 Å². The summed E-state index contributed by atoms with van der Waals surface area (Å²) < 4.78 is 0. The van der Waals surface area contributed by atoms with Crippen molar-refractivity contribution in [2.24, 2.45) is 17.2 Å². The summed E-state index contributed by atoms with van der Waals surface area (Å²) in [6, 6.07) is -14.4. The molecule has 0 radical (unpaired) electrons. The number of ketones is 1. The van der Waals surface area contributed by atoms with Crippen molar-refractivity contribution in [2.75, 3.05) is 13.1 Å². The topological polar surface area (TPSA) is 518 Å². The number of unbranched alkanes of at least 4 members (excludes halogenated alkanes) is 13. The zero-order chi connectivity index (χ0) is 67.9. The van der Waals surface area contributed by atoms with Gasteiger partial charge >= 0.3 is 0 Å². The molecule has 31 heteroatoms. The summed E-state index contributed by atoms with van der Waals surface area (Å²) in [4.78, 5) is 187. The van der Waals surface area contributed by atoms with E-state index in [0.717, 1.165) is 85.0 Å². The van der Waals surface area contributed by atoms with Gasteiger partial charge in [0.25, 0.3) is 0 Å². The van der Waals surface area contributed by atoms with Gasteiger partial charge in [0, 0.05) is 32.2 Å². The second kappa shape index (κ2) is 45.0.